The van der Waals surface area contributed by atoms with Crippen molar-refractivity contribution in [3.05, 3.63) is 54.4 Å². The van der Waals surface area contributed by atoms with Crippen molar-refractivity contribution in [1.82, 2.24) is 19.9 Å². The smallest absolute Gasteiger partial charge is 0.227 e. The fraction of sp³-hybridized carbons (Fsp3) is 0.444. The number of pyridine rings is 1. The summed E-state index contributed by atoms with van der Waals surface area (Å²) in [6, 6.07) is 13.3. The van der Waals surface area contributed by atoms with Gasteiger partial charge in [-0.3, -0.25) is 0 Å². The van der Waals surface area contributed by atoms with Crippen LogP contribution in [0.15, 0.2) is 48.8 Å². The molecule has 8 nitrogen and oxygen atoms in total. The molecular formula is C27H33N7O. The molecule has 35 heavy (non-hydrogen) atoms. The van der Waals surface area contributed by atoms with E-state index in [1.807, 2.05) is 12.3 Å². The van der Waals surface area contributed by atoms with Gasteiger partial charge in [0.2, 0.25) is 5.95 Å². The van der Waals surface area contributed by atoms with Gasteiger partial charge in [0, 0.05) is 74.6 Å². The largest absolute Gasteiger partial charge is 0.378 e. The third-order valence-electron chi connectivity index (χ3n) is 7.45. The number of rotatable bonds is 5. The average molecular weight is 472 g/mol. The van der Waals surface area contributed by atoms with Crippen LogP contribution in [0, 0.1) is 6.92 Å². The molecule has 7 rings (SSSR count). The number of benzene rings is 1. The Balaban J connectivity index is 1.16. The number of morpholine rings is 1. The highest BCUT2D eigenvalue weighted by molar-refractivity contribution is 5.66. The zero-order chi connectivity index (χ0) is 23.6. The number of aryl methyl sites for hydroxylation is 1. The quantitative estimate of drug-likeness (QED) is 0.604. The van der Waals surface area contributed by atoms with Crippen molar-refractivity contribution < 1.29 is 4.74 Å². The monoisotopic (exact) mass is 471 g/mol. The van der Waals surface area contributed by atoms with E-state index in [9.17, 15) is 0 Å². The number of nitrogens with zero attached hydrogens (tertiary/aromatic N) is 6. The molecular weight excluding hydrogens is 438 g/mol. The zero-order valence-electron chi connectivity index (χ0n) is 20.4. The Labute approximate surface area is 207 Å². The minimum atomic E-state index is 0.591. The van der Waals surface area contributed by atoms with Crippen LogP contribution >= 0.6 is 0 Å². The Morgan fingerprint density at radius 1 is 0.914 bits per heavy atom. The van der Waals surface area contributed by atoms with E-state index in [-0.39, 0.29) is 0 Å². The highest BCUT2D eigenvalue weighted by atomic mass is 16.5. The van der Waals surface area contributed by atoms with Gasteiger partial charge in [0.05, 0.1) is 18.9 Å². The molecule has 1 N–H and O–H groups in total. The fourth-order valence-electron chi connectivity index (χ4n) is 5.48. The normalized spacial score (nSPS) is 22.2. The summed E-state index contributed by atoms with van der Waals surface area (Å²) in [6.07, 6.45) is 6.22. The lowest BCUT2D eigenvalue weighted by Gasteiger charge is -2.34. The first-order chi connectivity index (χ1) is 17.2. The van der Waals surface area contributed by atoms with Crippen LogP contribution in [-0.2, 0) is 4.74 Å². The summed E-state index contributed by atoms with van der Waals surface area (Å²) in [5.41, 5.74) is 5.48. The van der Waals surface area contributed by atoms with Crippen LogP contribution in [0.25, 0.3) is 11.3 Å². The number of nitrogens with one attached hydrogen (secondary N) is 1. The second kappa shape index (κ2) is 9.79. The van der Waals surface area contributed by atoms with Crippen molar-refractivity contribution in [2.24, 2.45) is 0 Å². The molecule has 0 atom stereocenters. The molecule has 4 fully saturated rings. The highest BCUT2D eigenvalue weighted by Gasteiger charge is 2.29. The topological polar surface area (TPSA) is 69.6 Å². The van der Waals surface area contributed by atoms with Crippen LogP contribution in [0.1, 0.15) is 18.4 Å². The van der Waals surface area contributed by atoms with E-state index in [0.29, 0.717) is 12.0 Å². The summed E-state index contributed by atoms with van der Waals surface area (Å²) in [7, 11) is 0. The summed E-state index contributed by atoms with van der Waals surface area (Å²) in [4.78, 5) is 21.3. The minimum Gasteiger partial charge on any atom is -0.378 e. The molecule has 2 aromatic heterocycles. The summed E-state index contributed by atoms with van der Waals surface area (Å²) in [5, 5.41) is 3.40. The van der Waals surface area contributed by atoms with Gasteiger partial charge in [-0.15, -0.1) is 0 Å². The van der Waals surface area contributed by atoms with Gasteiger partial charge in [-0.25, -0.2) is 15.0 Å². The van der Waals surface area contributed by atoms with Crippen LogP contribution < -0.4 is 15.1 Å². The van der Waals surface area contributed by atoms with Gasteiger partial charge in [-0.1, -0.05) is 0 Å². The second-order valence-corrected chi connectivity index (χ2v) is 9.66. The molecule has 4 saturated heterocycles. The highest BCUT2D eigenvalue weighted by Crippen LogP contribution is 2.31. The van der Waals surface area contributed by atoms with E-state index in [1.54, 1.807) is 6.20 Å². The first-order valence-corrected chi connectivity index (χ1v) is 12.7. The van der Waals surface area contributed by atoms with Crippen molar-refractivity contribution in [1.29, 1.82) is 0 Å². The van der Waals surface area contributed by atoms with Crippen molar-refractivity contribution in [3.8, 4) is 11.3 Å². The Morgan fingerprint density at radius 3 is 2.54 bits per heavy atom. The maximum atomic E-state index is 5.44. The van der Waals surface area contributed by atoms with E-state index in [4.69, 9.17) is 9.72 Å². The van der Waals surface area contributed by atoms with Crippen LogP contribution in [0.2, 0.25) is 0 Å². The predicted octanol–water partition coefficient (Wildman–Crippen LogP) is 3.71. The molecule has 182 valence electrons. The van der Waals surface area contributed by atoms with E-state index in [2.05, 4.69) is 67.2 Å². The number of anilines is 4. The van der Waals surface area contributed by atoms with Gasteiger partial charge in [0.25, 0.3) is 0 Å². The molecule has 0 spiro atoms. The number of ether oxygens (including phenoxy) is 1. The van der Waals surface area contributed by atoms with E-state index >= 15 is 0 Å². The third kappa shape index (κ3) is 4.81. The molecule has 3 aromatic rings. The van der Waals surface area contributed by atoms with E-state index in [0.717, 1.165) is 55.6 Å². The summed E-state index contributed by atoms with van der Waals surface area (Å²) in [5.74, 6) is 1.57. The van der Waals surface area contributed by atoms with Gasteiger partial charge in [0.1, 0.15) is 5.82 Å². The van der Waals surface area contributed by atoms with Gasteiger partial charge >= 0.3 is 0 Å². The number of hydrogen-bond acceptors (Lipinski definition) is 8. The average Bonchev–Trinajstić information content (AvgIpc) is 3.24. The van der Waals surface area contributed by atoms with E-state index in [1.165, 1.54) is 43.7 Å². The van der Waals surface area contributed by atoms with Crippen molar-refractivity contribution in [2.45, 2.75) is 25.8 Å². The molecule has 0 unspecified atom stereocenters. The Hall–Kier alpha value is -3.23. The molecule has 1 aromatic carbocycles. The Bertz CT molecular complexity index is 1150. The number of fused-ring (bicyclic) bond motifs is 4. The number of hydrogen-bond donors (Lipinski definition) is 1. The lowest BCUT2D eigenvalue weighted by atomic mass is 10.0. The Morgan fingerprint density at radius 2 is 1.77 bits per heavy atom. The molecule has 0 radical (unpaired) electrons. The summed E-state index contributed by atoms with van der Waals surface area (Å²) >= 11 is 0. The maximum absolute atomic E-state index is 5.44. The molecule has 6 heterocycles. The van der Waals surface area contributed by atoms with Crippen LogP contribution in [0.5, 0.6) is 0 Å². The summed E-state index contributed by atoms with van der Waals surface area (Å²) < 4.78 is 5.44. The predicted molar refractivity (Wildman–Crippen MR) is 140 cm³/mol. The minimum absolute atomic E-state index is 0.591. The lowest BCUT2D eigenvalue weighted by molar-refractivity contribution is 0.122. The standard InChI is InChI=1S/C27H33N7O/c1-20-18-22(3-4-25(20)34-13-12-32-10-7-23(34)8-11-32)30-27-28-9-6-24(31-27)21-2-5-26(29-19-21)33-14-16-35-17-15-33/h2-6,9,18-19,23H,7-8,10-17H2,1H3,(H,28,30,31). The molecule has 8 heteroatoms. The zero-order valence-corrected chi connectivity index (χ0v) is 20.4. The Kier molecular flexibility index (Phi) is 6.22. The van der Waals surface area contributed by atoms with Crippen LogP contribution in [-0.4, -0.2) is 78.4 Å². The first-order valence-electron chi connectivity index (χ1n) is 12.7. The molecule has 0 aliphatic carbocycles. The second-order valence-electron chi connectivity index (χ2n) is 9.66. The van der Waals surface area contributed by atoms with Crippen molar-refractivity contribution in [2.75, 3.05) is 67.6 Å². The number of aromatic nitrogens is 3. The van der Waals surface area contributed by atoms with Crippen LogP contribution in [0.4, 0.5) is 23.1 Å². The molecule has 0 saturated carbocycles. The van der Waals surface area contributed by atoms with Gasteiger partial charge in [-0.05, 0) is 61.7 Å². The fourth-order valence-corrected chi connectivity index (χ4v) is 5.48. The molecule has 0 amide bonds. The first kappa shape index (κ1) is 22.2. The van der Waals surface area contributed by atoms with Crippen LogP contribution in [0.3, 0.4) is 0 Å². The van der Waals surface area contributed by atoms with Crippen molar-refractivity contribution >= 4 is 23.1 Å². The molecule has 4 aliphatic rings. The van der Waals surface area contributed by atoms with E-state index < -0.39 is 0 Å². The lowest BCUT2D eigenvalue weighted by Crippen LogP contribution is -2.38. The van der Waals surface area contributed by atoms with Gasteiger partial charge in [-0.2, -0.15) is 0 Å². The number of piperidine rings is 1. The molecule has 4 aliphatic heterocycles. The van der Waals surface area contributed by atoms with Crippen molar-refractivity contribution in [3.63, 3.8) is 0 Å². The molecule has 2 bridgehead atoms. The maximum Gasteiger partial charge on any atom is 0.227 e. The third-order valence-corrected chi connectivity index (χ3v) is 7.45. The van der Waals surface area contributed by atoms with Gasteiger partial charge < -0.3 is 24.8 Å². The van der Waals surface area contributed by atoms with Gasteiger partial charge in [0.15, 0.2) is 0 Å². The SMILES string of the molecule is Cc1cc(Nc2nccc(-c3ccc(N4CCOCC4)nc3)n2)ccc1N1CCN2CCC1CC2. The summed E-state index contributed by atoms with van der Waals surface area (Å²) in [6.45, 7) is 10.2.